The third kappa shape index (κ3) is 3.70. The number of rotatable bonds is 7. The Morgan fingerprint density at radius 3 is 2.56 bits per heavy atom. The van der Waals surface area contributed by atoms with Gasteiger partial charge in [-0.2, -0.15) is 0 Å². The van der Waals surface area contributed by atoms with Gasteiger partial charge in [-0.3, -0.25) is 0 Å². The molecule has 5 heteroatoms. The molecule has 0 aromatic carbocycles. The van der Waals surface area contributed by atoms with Crippen molar-refractivity contribution in [1.29, 1.82) is 0 Å². The van der Waals surface area contributed by atoms with Gasteiger partial charge in [0.05, 0.1) is 12.2 Å². The Labute approximate surface area is 107 Å². The van der Waals surface area contributed by atoms with Gasteiger partial charge in [-0.1, -0.05) is 13.8 Å². The van der Waals surface area contributed by atoms with Crippen LogP contribution in [0.1, 0.15) is 36.3 Å². The second-order valence-corrected chi connectivity index (χ2v) is 4.07. The van der Waals surface area contributed by atoms with E-state index >= 15 is 0 Å². The number of carboxylic acid groups (broad SMARTS) is 1. The number of pyridine rings is 1. The molecule has 0 aliphatic rings. The van der Waals surface area contributed by atoms with Crippen LogP contribution in [-0.2, 0) is 6.42 Å². The Bertz CT molecular complexity index is 401. The van der Waals surface area contributed by atoms with Gasteiger partial charge in [0, 0.05) is 18.8 Å². The first-order valence-corrected chi connectivity index (χ1v) is 6.22. The number of carbonyl (C=O) groups is 1. The van der Waals surface area contributed by atoms with Crippen molar-refractivity contribution in [3.8, 4) is 0 Å². The quantitative estimate of drug-likeness (QED) is 0.770. The van der Waals surface area contributed by atoms with E-state index in [2.05, 4.69) is 4.98 Å². The Kier molecular flexibility index (Phi) is 5.58. The van der Waals surface area contributed by atoms with Gasteiger partial charge >= 0.3 is 5.97 Å². The van der Waals surface area contributed by atoms with E-state index in [1.54, 1.807) is 12.1 Å². The third-order valence-electron chi connectivity index (χ3n) is 2.66. The standard InChI is InChI=1S/C13H20N2O3/c1-3-5-15(6-7-16)12-9-10(13(17)18)8-11(4-2)14-12/h8-9,16H,3-7H2,1-2H3,(H,17,18). The lowest BCUT2D eigenvalue weighted by Crippen LogP contribution is -2.28. The third-order valence-corrected chi connectivity index (χ3v) is 2.66. The Morgan fingerprint density at radius 2 is 2.06 bits per heavy atom. The molecular weight excluding hydrogens is 232 g/mol. The van der Waals surface area contributed by atoms with Crippen molar-refractivity contribution in [2.45, 2.75) is 26.7 Å². The topological polar surface area (TPSA) is 73.7 Å². The zero-order valence-electron chi connectivity index (χ0n) is 10.9. The van der Waals surface area contributed by atoms with Crippen LogP contribution in [0.2, 0.25) is 0 Å². The summed E-state index contributed by atoms with van der Waals surface area (Å²) >= 11 is 0. The van der Waals surface area contributed by atoms with E-state index in [0.717, 1.165) is 18.7 Å². The summed E-state index contributed by atoms with van der Waals surface area (Å²) in [4.78, 5) is 17.4. The van der Waals surface area contributed by atoms with E-state index in [-0.39, 0.29) is 12.2 Å². The van der Waals surface area contributed by atoms with Crippen LogP contribution in [0.15, 0.2) is 12.1 Å². The summed E-state index contributed by atoms with van der Waals surface area (Å²) in [5.41, 5.74) is 1.000. The van der Waals surface area contributed by atoms with Gasteiger partial charge < -0.3 is 15.1 Å². The lowest BCUT2D eigenvalue weighted by molar-refractivity contribution is 0.0696. The molecular formula is C13H20N2O3. The van der Waals surface area contributed by atoms with Gasteiger partial charge in [0.2, 0.25) is 0 Å². The first kappa shape index (κ1) is 14.4. The van der Waals surface area contributed by atoms with Crippen LogP contribution in [0.25, 0.3) is 0 Å². The average Bonchev–Trinajstić information content (AvgIpc) is 2.37. The molecule has 0 unspecified atom stereocenters. The minimum atomic E-state index is -0.950. The summed E-state index contributed by atoms with van der Waals surface area (Å²) in [5, 5.41) is 18.1. The number of anilines is 1. The summed E-state index contributed by atoms with van der Waals surface area (Å²) < 4.78 is 0. The lowest BCUT2D eigenvalue weighted by atomic mass is 10.2. The van der Waals surface area contributed by atoms with Crippen molar-refractivity contribution in [2.24, 2.45) is 0 Å². The second kappa shape index (κ2) is 6.96. The Morgan fingerprint density at radius 1 is 1.33 bits per heavy atom. The highest BCUT2D eigenvalue weighted by molar-refractivity contribution is 5.88. The van der Waals surface area contributed by atoms with Gasteiger partial charge in [-0.05, 0) is 25.0 Å². The summed E-state index contributed by atoms with van der Waals surface area (Å²) in [6, 6.07) is 3.15. The number of aryl methyl sites for hydroxylation is 1. The number of hydrogen-bond acceptors (Lipinski definition) is 4. The number of aromatic carboxylic acids is 1. The van der Waals surface area contributed by atoms with Crippen molar-refractivity contribution in [2.75, 3.05) is 24.6 Å². The lowest BCUT2D eigenvalue weighted by Gasteiger charge is -2.23. The van der Waals surface area contributed by atoms with Gasteiger partial charge in [0.15, 0.2) is 0 Å². The molecule has 1 aromatic rings. The molecule has 0 radical (unpaired) electrons. The molecule has 1 rings (SSSR count). The van der Waals surface area contributed by atoms with E-state index in [0.29, 0.717) is 18.8 Å². The minimum Gasteiger partial charge on any atom is -0.478 e. The maximum Gasteiger partial charge on any atom is 0.335 e. The number of aliphatic hydroxyl groups excluding tert-OH is 1. The number of nitrogens with zero attached hydrogens (tertiary/aromatic N) is 2. The maximum atomic E-state index is 11.1. The SMILES string of the molecule is CCCN(CCO)c1cc(C(=O)O)cc(CC)n1. The molecule has 0 atom stereocenters. The number of aromatic nitrogens is 1. The van der Waals surface area contributed by atoms with Crippen molar-refractivity contribution in [1.82, 2.24) is 4.98 Å². The molecule has 2 N–H and O–H groups in total. The molecule has 0 saturated heterocycles. The molecule has 0 aliphatic heterocycles. The van der Waals surface area contributed by atoms with Gasteiger partial charge in [0.1, 0.15) is 5.82 Å². The summed E-state index contributed by atoms with van der Waals surface area (Å²) in [6.45, 7) is 5.22. The molecule has 100 valence electrons. The largest absolute Gasteiger partial charge is 0.478 e. The molecule has 5 nitrogen and oxygen atoms in total. The van der Waals surface area contributed by atoms with Crippen molar-refractivity contribution in [3.63, 3.8) is 0 Å². The van der Waals surface area contributed by atoms with Crippen LogP contribution >= 0.6 is 0 Å². The molecule has 0 bridgehead atoms. The highest BCUT2D eigenvalue weighted by atomic mass is 16.4. The number of carboxylic acids is 1. The van der Waals surface area contributed by atoms with Crippen molar-refractivity contribution >= 4 is 11.8 Å². The molecule has 0 saturated carbocycles. The zero-order chi connectivity index (χ0) is 13.5. The highest BCUT2D eigenvalue weighted by Gasteiger charge is 2.12. The summed E-state index contributed by atoms with van der Waals surface area (Å²) in [5.74, 6) is -0.323. The molecule has 18 heavy (non-hydrogen) atoms. The van der Waals surface area contributed by atoms with Gasteiger partial charge in [0.25, 0.3) is 0 Å². The summed E-state index contributed by atoms with van der Waals surface area (Å²) in [7, 11) is 0. The molecule has 0 amide bonds. The van der Waals surface area contributed by atoms with E-state index in [4.69, 9.17) is 10.2 Å². The first-order valence-electron chi connectivity index (χ1n) is 6.22. The van der Waals surface area contributed by atoms with E-state index in [1.165, 1.54) is 0 Å². The van der Waals surface area contributed by atoms with E-state index < -0.39 is 5.97 Å². The Hall–Kier alpha value is -1.62. The zero-order valence-corrected chi connectivity index (χ0v) is 10.9. The van der Waals surface area contributed by atoms with E-state index in [1.807, 2.05) is 18.7 Å². The van der Waals surface area contributed by atoms with Crippen molar-refractivity contribution < 1.29 is 15.0 Å². The fraction of sp³-hybridized carbons (Fsp3) is 0.538. The normalized spacial score (nSPS) is 10.4. The smallest absolute Gasteiger partial charge is 0.335 e. The van der Waals surface area contributed by atoms with Crippen LogP contribution in [0, 0.1) is 0 Å². The fourth-order valence-corrected chi connectivity index (χ4v) is 1.77. The molecule has 1 heterocycles. The number of hydrogen-bond donors (Lipinski definition) is 2. The fourth-order valence-electron chi connectivity index (χ4n) is 1.77. The monoisotopic (exact) mass is 252 g/mol. The number of aliphatic hydroxyl groups is 1. The van der Waals surface area contributed by atoms with Gasteiger partial charge in [-0.25, -0.2) is 9.78 Å². The van der Waals surface area contributed by atoms with Crippen LogP contribution in [0.5, 0.6) is 0 Å². The maximum absolute atomic E-state index is 11.1. The van der Waals surface area contributed by atoms with Gasteiger partial charge in [-0.15, -0.1) is 0 Å². The predicted molar refractivity (Wildman–Crippen MR) is 70.2 cm³/mol. The average molecular weight is 252 g/mol. The first-order chi connectivity index (χ1) is 8.62. The van der Waals surface area contributed by atoms with Crippen LogP contribution in [-0.4, -0.2) is 40.9 Å². The highest BCUT2D eigenvalue weighted by Crippen LogP contribution is 2.16. The van der Waals surface area contributed by atoms with Crippen molar-refractivity contribution in [3.05, 3.63) is 23.4 Å². The predicted octanol–water partition coefficient (Wildman–Crippen LogP) is 1.55. The Balaban J connectivity index is 3.11. The second-order valence-electron chi connectivity index (χ2n) is 4.07. The molecule has 0 fully saturated rings. The molecule has 0 aliphatic carbocycles. The molecule has 1 aromatic heterocycles. The summed E-state index contributed by atoms with van der Waals surface area (Å²) in [6.07, 6.45) is 1.60. The van der Waals surface area contributed by atoms with Crippen LogP contribution in [0.4, 0.5) is 5.82 Å². The minimum absolute atomic E-state index is 0.0282. The van der Waals surface area contributed by atoms with E-state index in [9.17, 15) is 4.79 Å². The molecule has 0 spiro atoms. The van der Waals surface area contributed by atoms with Crippen LogP contribution in [0.3, 0.4) is 0 Å². The van der Waals surface area contributed by atoms with Crippen LogP contribution < -0.4 is 4.90 Å².